The fourth-order valence-electron chi connectivity index (χ4n) is 5.26. The van der Waals surface area contributed by atoms with Crippen LogP contribution in [-0.4, -0.2) is 74.8 Å². The third kappa shape index (κ3) is 4.19. The predicted octanol–water partition coefficient (Wildman–Crippen LogP) is 2.56. The van der Waals surface area contributed by atoms with Crippen molar-refractivity contribution in [1.29, 1.82) is 0 Å². The minimum atomic E-state index is -0.215. The lowest BCUT2D eigenvalue weighted by Crippen LogP contribution is -2.61. The molecular formula is C25H30FN3O3. The minimum absolute atomic E-state index is 0.0926. The largest absolute Gasteiger partial charge is 0.497 e. The number of carbonyl (C=O) groups excluding carboxylic acids is 1. The number of amides is 1. The fourth-order valence-corrected chi connectivity index (χ4v) is 5.26. The van der Waals surface area contributed by atoms with Gasteiger partial charge in [-0.05, 0) is 35.7 Å². The van der Waals surface area contributed by atoms with Crippen LogP contribution < -0.4 is 9.64 Å². The van der Waals surface area contributed by atoms with Crippen molar-refractivity contribution < 1.29 is 18.7 Å². The Morgan fingerprint density at radius 3 is 2.62 bits per heavy atom. The van der Waals surface area contributed by atoms with E-state index in [1.807, 2.05) is 23.1 Å². The van der Waals surface area contributed by atoms with Gasteiger partial charge in [0, 0.05) is 51.0 Å². The molecule has 6 nitrogen and oxygen atoms in total. The number of fused-ring (bicyclic) bond motifs is 3. The molecule has 2 aromatic rings. The zero-order valence-electron chi connectivity index (χ0n) is 18.5. The summed E-state index contributed by atoms with van der Waals surface area (Å²) in [6, 6.07) is 13.0. The normalized spacial score (nSPS) is 23.4. The molecule has 0 aromatic heterocycles. The number of hydrogen-bond donors (Lipinski definition) is 0. The Morgan fingerprint density at radius 1 is 1.09 bits per heavy atom. The number of anilines is 1. The van der Waals surface area contributed by atoms with Crippen LogP contribution in [0.4, 0.5) is 10.1 Å². The Kier molecular flexibility index (Phi) is 6.02. The lowest BCUT2D eigenvalue weighted by atomic mass is 9.82. The lowest BCUT2D eigenvalue weighted by Gasteiger charge is -2.50. The van der Waals surface area contributed by atoms with E-state index in [0.717, 1.165) is 43.9 Å². The van der Waals surface area contributed by atoms with E-state index in [2.05, 4.69) is 21.9 Å². The highest BCUT2D eigenvalue weighted by atomic mass is 19.1. The van der Waals surface area contributed by atoms with Crippen molar-refractivity contribution in [2.75, 3.05) is 57.9 Å². The molecule has 5 rings (SSSR count). The van der Waals surface area contributed by atoms with E-state index in [0.29, 0.717) is 26.3 Å². The summed E-state index contributed by atoms with van der Waals surface area (Å²) < 4.78 is 24.3. The number of ether oxygens (including phenoxy) is 2. The molecule has 3 aliphatic rings. The number of carbonyl (C=O) groups is 1. The van der Waals surface area contributed by atoms with Crippen molar-refractivity contribution in [2.24, 2.45) is 5.92 Å². The molecule has 0 aliphatic carbocycles. The molecule has 2 saturated heterocycles. The average Bonchev–Trinajstić information content (AvgIpc) is 2.84. The number of nitrogens with zero attached hydrogens (tertiary/aromatic N) is 3. The number of piperazine rings is 1. The van der Waals surface area contributed by atoms with Crippen LogP contribution in [0.5, 0.6) is 5.75 Å². The average molecular weight is 440 g/mol. The zero-order chi connectivity index (χ0) is 22.1. The maximum Gasteiger partial charge on any atom is 0.228 e. The highest BCUT2D eigenvalue weighted by Gasteiger charge is 2.43. The van der Waals surface area contributed by atoms with Crippen molar-refractivity contribution in [3.8, 4) is 5.75 Å². The maximum absolute atomic E-state index is 13.6. The monoisotopic (exact) mass is 439 g/mol. The summed E-state index contributed by atoms with van der Waals surface area (Å²) >= 11 is 0. The molecule has 0 N–H and O–H groups in total. The quantitative estimate of drug-likeness (QED) is 0.733. The van der Waals surface area contributed by atoms with E-state index in [4.69, 9.17) is 9.47 Å². The van der Waals surface area contributed by atoms with E-state index < -0.39 is 0 Å². The number of rotatable bonds is 4. The summed E-state index contributed by atoms with van der Waals surface area (Å²) in [7, 11) is 1.69. The van der Waals surface area contributed by atoms with E-state index >= 15 is 0 Å². The first-order chi connectivity index (χ1) is 15.6. The van der Waals surface area contributed by atoms with Crippen LogP contribution in [0.25, 0.3) is 0 Å². The molecule has 2 atom stereocenters. The molecule has 0 saturated carbocycles. The summed E-state index contributed by atoms with van der Waals surface area (Å²) in [6.45, 7) is 5.84. The third-order valence-electron chi connectivity index (χ3n) is 6.97. The van der Waals surface area contributed by atoms with Crippen molar-refractivity contribution in [3.63, 3.8) is 0 Å². The van der Waals surface area contributed by atoms with Gasteiger partial charge in [-0.15, -0.1) is 0 Å². The standard InChI is InChI=1S/C25H30FN3O3/c1-31-21-7-4-19-14-22(25(30)28-10-12-32-13-11-28)24-17-27(8-9-29(24)23(19)15-21)16-18-2-5-20(26)6-3-18/h2-7,15,22,24H,8-14,16-17H2,1H3/t22-,24-/m1/s1. The highest BCUT2D eigenvalue weighted by Crippen LogP contribution is 2.39. The number of benzene rings is 2. The minimum Gasteiger partial charge on any atom is -0.497 e. The van der Waals surface area contributed by atoms with Gasteiger partial charge in [0.2, 0.25) is 5.91 Å². The number of halogens is 1. The number of methoxy groups -OCH3 is 1. The first kappa shape index (κ1) is 21.2. The SMILES string of the molecule is COc1ccc2c(c1)N1CCN(Cc3ccc(F)cc3)C[C@@H]1[C@H](C(=O)N1CCOCC1)C2. The summed E-state index contributed by atoms with van der Waals surface area (Å²) in [5.41, 5.74) is 3.48. The molecule has 32 heavy (non-hydrogen) atoms. The van der Waals surface area contributed by atoms with Crippen LogP contribution in [0, 0.1) is 11.7 Å². The molecule has 3 heterocycles. The van der Waals surface area contributed by atoms with Crippen molar-refractivity contribution in [3.05, 3.63) is 59.4 Å². The van der Waals surface area contributed by atoms with Gasteiger partial charge in [0.15, 0.2) is 0 Å². The summed E-state index contributed by atoms with van der Waals surface area (Å²) in [4.78, 5) is 20.4. The van der Waals surface area contributed by atoms with Gasteiger partial charge >= 0.3 is 0 Å². The molecule has 2 aromatic carbocycles. The Bertz CT molecular complexity index is 961. The smallest absolute Gasteiger partial charge is 0.228 e. The molecular weight excluding hydrogens is 409 g/mol. The van der Waals surface area contributed by atoms with E-state index in [1.165, 1.54) is 23.4 Å². The Balaban J connectivity index is 1.41. The second kappa shape index (κ2) is 9.08. The summed E-state index contributed by atoms with van der Waals surface area (Å²) in [5.74, 6) is 0.764. The fraction of sp³-hybridized carbons (Fsp3) is 0.480. The summed E-state index contributed by atoms with van der Waals surface area (Å²) in [5, 5.41) is 0. The number of morpholine rings is 1. The van der Waals surface area contributed by atoms with Crippen molar-refractivity contribution in [2.45, 2.75) is 19.0 Å². The van der Waals surface area contributed by atoms with Crippen LogP contribution in [-0.2, 0) is 22.5 Å². The molecule has 2 fully saturated rings. The Hall–Kier alpha value is -2.64. The molecule has 3 aliphatic heterocycles. The van der Waals surface area contributed by atoms with Crippen molar-refractivity contribution in [1.82, 2.24) is 9.80 Å². The van der Waals surface area contributed by atoms with Crippen LogP contribution in [0.1, 0.15) is 11.1 Å². The number of hydrogen-bond acceptors (Lipinski definition) is 5. The molecule has 1 amide bonds. The van der Waals surface area contributed by atoms with Crippen molar-refractivity contribution >= 4 is 11.6 Å². The molecule has 0 unspecified atom stereocenters. The van der Waals surface area contributed by atoms with Gasteiger partial charge in [0.05, 0.1) is 32.3 Å². The van der Waals surface area contributed by atoms with Crippen LogP contribution in [0.15, 0.2) is 42.5 Å². The zero-order valence-corrected chi connectivity index (χ0v) is 18.5. The second-order valence-corrected chi connectivity index (χ2v) is 8.87. The topological polar surface area (TPSA) is 45.2 Å². The Labute approximate surface area is 188 Å². The van der Waals surface area contributed by atoms with Gasteiger partial charge in [-0.25, -0.2) is 4.39 Å². The van der Waals surface area contributed by atoms with Crippen LogP contribution in [0.3, 0.4) is 0 Å². The van der Waals surface area contributed by atoms with Crippen LogP contribution in [0.2, 0.25) is 0 Å². The molecule has 7 heteroatoms. The predicted molar refractivity (Wildman–Crippen MR) is 120 cm³/mol. The third-order valence-corrected chi connectivity index (χ3v) is 6.97. The second-order valence-electron chi connectivity index (χ2n) is 8.87. The summed E-state index contributed by atoms with van der Waals surface area (Å²) in [6.07, 6.45) is 0.737. The van der Waals surface area contributed by atoms with E-state index in [1.54, 1.807) is 7.11 Å². The lowest BCUT2D eigenvalue weighted by molar-refractivity contribution is -0.141. The Morgan fingerprint density at radius 2 is 1.88 bits per heavy atom. The highest BCUT2D eigenvalue weighted by molar-refractivity contribution is 5.82. The molecule has 0 spiro atoms. The van der Waals surface area contributed by atoms with Gasteiger partial charge in [-0.1, -0.05) is 18.2 Å². The van der Waals surface area contributed by atoms with Gasteiger partial charge in [-0.2, -0.15) is 0 Å². The van der Waals surface area contributed by atoms with Gasteiger partial charge < -0.3 is 19.3 Å². The van der Waals surface area contributed by atoms with Gasteiger partial charge in [0.25, 0.3) is 0 Å². The first-order valence-corrected chi connectivity index (χ1v) is 11.4. The molecule has 170 valence electrons. The first-order valence-electron chi connectivity index (χ1n) is 11.4. The van der Waals surface area contributed by atoms with E-state index in [-0.39, 0.29) is 23.7 Å². The molecule has 0 radical (unpaired) electrons. The van der Waals surface area contributed by atoms with Gasteiger partial charge in [-0.3, -0.25) is 9.69 Å². The van der Waals surface area contributed by atoms with E-state index in [9.17, 15) is 9.18 Å². The van der Waals surface area contributed by atoms with Gasteiger partial charge in [0.1, 0.15) is 11.6 Å². The van der Waals surface area contributed by atoms with Crippen LogP contribution >= 0.6 is 0 Å². The maximum atomic E-state index is 13.6. The molecule has 0 bridgehead atoms.